The standard InChI is InChI=1S/C25H24ClN5O5/c1-6-36-18-9-7-14(11-16(18)26)17-13-30-21-22(28(2)25(33)29(3)23(21)32)27-24(30)31(17)15-8-10-19(34-4)20(12-15)35-5/h7-13H,6H2,1-5H3. The highest BCUT2D eigenvalue weighted by Crippen LogP contribution is 2.36. The molecule has 0 aliphatic heterocycles. The van der Waals surface area contributed by atoms with E-state index in [0.29, 0.717) is 46.0 Å². The minimum atomic E-state index is -0.454. The summed E-state index contributed by atoms with van der Waals surface area (Å²) < 4.78 is 22.5. The van der Waals surface area contributed by atoms with Crippen LogP contribution in [0.1, 0.15) is 6.92 Å². The van der Waals surface area contributed by atoms with Crippen molar-refractivity contribution in [2.24, 2.45) is 14.1 Å². The number of fused-ring (bicyclic) bond motifs is 3. The summed E-state index contributed by atoms with van der Waals surface area (Å²) in [6, 6.07) is 11.0. The molecule has 0 spiro atoms. The molecule has 0 amide bonds. The molecule has 0 saturated carbocycles. The number of aromatic nitrogens is 5. The summed E-state index contributed by atoms with van der Waals surface area (Å²) in [5.41, 5.74) is 1.87. The molecule has 0 saturated heterocycles. The summed E-state index contributed by atoms with van der Waals surface area (Å²) in [7, 11) is 6.16. The molecule has 36 heavy (non-hydrogen) atoms. The Morgan fingerprint density at radius 3 is 2.33 bits per heavy atom. The van der Waals surface area contributed by atoms with Gasteiger partial charge in [-0.3, -0.25) is 22.9 Å². The van der Waals surface area contributed by atoms with Crippen molar-refractivity contribution in [3.63, 3.8) is 0 Å². The number of ether oxygens (including phenoxy) is 3. The van der Waals surface area contributed by atoms with Crippen LogP contribution in [0.25, 0.3) is 33.9 Å². The lowest BCUT2D eigenvalue weighted by Crippen LogP contribution is -2.37. The summed E-state index contributed by atoms with van der Waals surface area (Å²) in [5, 5.41) is 0.454. The number of nitrogens with zero attached hydrogens (tertiary/aromatic N) is 5. The quantitative estimate of drug-likeness (QED) is 0.348. The van der Waals surface area contributed by atoms with Crippen molar-refractivity contribution in [2.75, 3.05) is 20.8 Å². The highest BCUT2D eigenvalue weighted by atomic mass is 35.5. The maximum atomic E-state index is 13.1. The van der Waals surface area contributed by atoms with Crippen LogP contribution in [0.15, 0.2) is 52.2 Å². The van der Waals surface area contributed by atoms with E-state index in [1.54, 1.807) is 50.1 Å². The van der Waals surface area contributed by atoms with Gasteiger partial charge in [0.15, 0.2) is 22.7 Å². The average Bonchev–Trinajstić information content (AvgIpc) is 3.43. The lowest BCUT2D eigenvalue weighted by atomic mass is 10.1. The van der Waals surface area contributed by atoms with Crippen LogP contribution >= 0.6 is 11.6 Å². The molecule has 0 atom stereocenters. The largest absolute Gasteiger partial charge is 0.493 e. The Kier molecular flexibility index (Phi) is 5.76. The zero-order chi connectivity index (χ0) is 25.7. The normalized spacial score (nSPS) is 11.4. The van der Waals surface area contributed by atoms with Crippen LogP contribution in [0.5, 0.6) is 17.2 Å². The monoisotopic (exact) mass is 509 g/mol. The molecule has 0 fully saturated rings. The van der Waals surface area contributed by atoms with Gasteiger partial charge in [-0.15, -0.1) is 0 Å². The van der Waals surface area contributed by atoms with E-state index in [1.807, 2.05) is 29.7 Å². The second kappa shape index (κ2) is 8.80. The fourth-order valence-electron chi connectivity index (χ4n) is 4.33. The van der Waals surface area contributed by atoms with Gasteiger partial charge < -0.3 is 14.2 Å². The first-order valence-corrected chi connectivity index (χ1v) is 11.5. The predicted molar refractivity (Wildman–Crippen MR) is 137 cm³/mol. The van der Waals surface area contributed by atoms with E-state index in [9.17, 15) is 9.59 Å². The predicted octanol–water partition coefficient (Wildman–Crippen LogP) is 3.41. The van der Waals surface area contributed by atoms with E-state index in [0.717, 1.165) is 10.1 Å². The topological polar surface area (TPSA) is 93.9 Å². The third kappa shape index (κ3) is 3.44. The molecule has 0 aliphatic carbocycles. The molecule has 0 aliphatic rings. The van der Waals surface area contributed by atoms with Gasteiger partial charge in [0.1, 0.15) is 5.75 Å². The van der Waals surface area contributed by atoms with Gasteiger partial charge in [0.2, 0.25) is 5.78 Å². The molecule has 5 rings (SSSR count). The Morgan fingerprint density at radius 2 is 1.67 bits per heavy atom. The highest BCUT2D eigenvalue weighted by Gasteiger charge is 2.23. The van der Waals surface area contributed by atoms with Gasteiger partial charge in [0.05, 0.1) is 37.2 Å². The van der Waals surface area contributed by atoms with Crippen molar-refractivity contribution in [1.29, 1.82) is 0 Å². The van der Waals surface area contributed by atoms with Crippen molar-refractivity contribution in [3.05, 3.63) is 68.5 Å². The molecule has 3 aromatic heterocycles. The summed E-state index contributed by atoms with van der Waals surface area (Å²) >= 11 is 6.51. The Balaban J connectivity index is 1.89. The fraction of sp³-hybridized carbons (Fsp3) is 0.240. The lowest BCUT2D eigenvalue weighted by molar-refractivity contribution is 0.340. The average molecular weight is 510 g/mol. The first kappa shape index (κ1) is 23.6. The number of rotatable bonds is 6. The van der Waals surface area contributed by atoms with E-state index in [4.69, 9.17) is 30.8 Å². The molecule has 2 aromatic carbocycles. The molecule has 5 aromatic rings. The molecule has 186 valence electrons. The Morgan fingerprint density at radius 1 is 0.944 bits per heavy atom. The zero-order valence-corrected chi connectivity index (χ0v) is 21.2. The molecular formula is C25H24ClN5O5. The maximum absolute atomic E-state index is 13.1. The zero-order valence-electron chi connectivity index (χ0n) is 20.4. The van der Waals surface area contributed by atoms with Crippen molar-refractivity contribution < 1.29 is 14.2 Å². The second-order valence-corrected chi connectivity index (χ2v) is 8.53. The first-order valence-electron chi connectivity index (χ1n) is 11.1. The van der Waals surface area contributed by atoms with E-state index in [2.05, 4.69) is 0 Å². The van der Waals surface area contributed by atoms with Crippen molar-refractivity contribution >= 4 is 28.5 Å². The van der Waals surface area contributed by atoms with Gasteiger partial charge in [-0.05, 0) is 37.3 Å². The van der Waals surface area contributed by atoms with Crippen LogP contribution in [0.2, 0.25) is 5.02 Å². The second-order valence-electron chi connectivity index (χ2n) is 8.13. The molecule has 0 N–H and O–H groups in total. The van der Waals surface area contributed by atoms with Gasteiger partial charge in [-0.2, -0.15) is 4.98 Å². The number of hydrogen-bond acceptors (Lipinski definition) is 6. The molecule has 0 bridgehead atoms. The van der Waals surface area contributed by atoms with Crippen LogP contribution in [0, 0.1) is 0 Å². The Bertz CT molecular complexity index is 1760. The van der Waals surface area contributed by atoms with Crippen LogP contribution in [-0.4, -0.2) is 43.9 Å². The summed E-state index contributed by atoms with van der Waals surface area (Å²) in [4.78, 5) is 30.4. The molecule has 10 nitrogen and oxygen atoms in total. The van der Waals surface area contributed by atoms with Crippen LogP contribution in [0.3, 0.4) is 0 Å². The number of hydrogen-bond donors (Lipinski definition) is 0. The fourth-order valence-corrected chi connectivity index (χ4v) is 4.56. The maximum Gasteiger partial charge on any atom is 0.332 e. The third-order valence-electron chi connectivity index (χ3n) is 6.12. The minimum absolute atomic E-state index is 0.281. The lowest BCUT2D eigenvalue weighted by Gasteiger charge is -2.14. The van der Waals surface area contributed by atoms with Crippen molar-refractivity contribution in [2.45, 2.75) is 6.92 Å². The van der Waals surface area contributed by atoms with Gasteiger partial charge in [0, 0.05) is 31.9 Å². The summed E-state index contributed by atoms with van der Waals surface area (Å²) in [6.45, 7) is 2.38. The van der Waals surface area contributed by atoms with Gasteiger partial charge >= 0.3 is 5.69 Å². The molecule has 3 heterocycles. The van der Waals surface area contributed by atoms with Crippen molar-refractivity contribution in [1.82, 2.24) is 23.1 Å². The Labute approximate surface area is 210 Å². The number of benzene rings is 2. The van der Waals surface area contributed by atoms with E-state index in [-0.39, 0.29) is 11.2 Å². The smallest absolute Gasteiger partial charge is 0.332 e. The van der Waals surface area contributed by atoms with Gasteiger partial charge in [-0.1, -0.05) is 11.6 Å². The number of methoxy groups -OCH3 is 2. The number of halogens is 1. The van der Waals surface area contributed by atoms with Crippen molar-refractivity contribution in [3.8, 4) is 34.2 Å². The number of imidazole rings is 2. The van der Waals surface area contributed by atoms with E-state index in [1.165, 1.54) is 11.6 Å². The summed E-state index contributed by atoms with van der Waals surface area (Å²) in [5.74, 6) is 2.11. The van der Waals surface area contributed by atoms with E-state index < -0.39 is 11.2 Å². The number of aryl methyl sites for hydroxylation is 1. The SMILES string of the molecule is CCOc1ccc(-c2cn3c4c(=O)n(C)c(=O)n(C)c4nc3n2-c2ccc(OC)c(OC)c2)cc1Cl. The Hall–Kier alpha value is -4.18. The van der Waals surface area contributed by atoms with Crippen LogP contribution in [0.4, 0.5) is 0 Å². The molecule has 11 heteroatoms. The van der Waals surface area contributed by atoms with Crippen LogP contribution in [-0.2, 0) is 14.1 Å². The highest BCUT2D eigenvalue weighted by molar-refractivity contribution is 6.32. The van der Waals surface area contributed by atoms with Gasteiger partial charge in [0.25, 0.3) is 5.56 Å². The molecule has 0 radical (unpaired) electrons. The molecular weight excluding hydrogens is 486 g/mol. The molecule has 0 unspecified atom stereocenters. The first-order chi connectivity index (χ1) is 17.3. The van der Waals surface area contributed by atoms with Crippen LogP contribution < -0.4 is 25.5 Å². The minimum Gasteiger partial charge on any atom is -0.493 e. The van der Waals surface area contributed by atoms with Gasteiger partial charge in [-0.25, -0.2) is 4.79 Å². The van der Waals surface area contributed by atoms with E-state index >= 15 is 0 Å². The summed E-state index contributed by atoms with van der Waals surface area (Å²) in [6.07, 6.45) is 1.80. The third-order valence-corrected chi connectivity index (χ3v) is 6.41.